The molecule has 0 fully saturated rings. The smallest absolute Gasteiger partial charge is 0.0619 e. The summed E-state index contributed by atoms with van der Waals surface area (Å²) in [4.78, 5) is 0. The number of hydrogen-bond donors (Lipinski definition) is 0. The van der Waals surface area contributed by atoms with Crippen LogP contribution in [0.2, 0.25) is 0 Å². The molecule has 2 aliphatic carbocycles. The molecular formula is C55H32. The molecule has 0 heteroatoms. The highest BCUT2D eigenvalue weighted by Gasteiger charge is 2.53. The van der Waals surface area contributed by atoms with Gasteiger partial charge in [-0.1, -0.05) is 170 Å². The highest BCUT2D eigenvalue weighted by atomic mass is 14.5. The fourth-order valence-corrected chi connectivity index (χ4v) is 10.8. The number of fused-ring (bicyclic) bond motifs is 22. The lowest BCUT2D eigenvalue weighted by molar-refractivity contribution is 0.803. The Morgan fingerprint density at radius 2 is 0.709 bits per heavy atom. The summed E-state index contributed by atoms with van der Waals surface area (Å²) in [5.41, 5.74) is 12.9. The molecule has 0 radical (unpaired) electrons. The van der Waals surface area contributed by atoms with E-state index in [-0.39, 0.29) is 0 Å². The molecule has 0 N–H and O–H groups in total. The molecule has 0 amide bonds. The molecule has 11 aromatic carbocycles. The molecular weight excluding hydrogens is 661 g/mol. The molecule has 0 nitrogen and oxygen atoms in total. The number of hydrogen-bond acceptors (Lipinski definition) is 0. The van der Waals surface area contributed by atoms with Crippen LogP contribution in [0, 0.1) is 0 Å². The van der Waals surface area contributed by atoms with Gasteiger partial charge in [0.2, 0.25) is 0 Å². The Labute approximate surface area is 318 Å². The summed E-state index contributed by atoms with van der Waals surface area (Å²) in [6, 6.07) is 73.3. The van der Waals surface area contributed by atoms with Crippen LogP contribution >= 0.6 is 0 Å². The van der Waals surface area contributed by atoms with E-state index in [2.05, 4.69) is 194 Å². The van der Waals surface area contributed by atoms with Crippen molar-refractivity contribution in [2.24, 2.45) is 0 Å². The van der Waals surface area contributed by atoms with Crippen LogP contribution in [0.3, 0.4) is 0 Å². The van der Waals surface area contributed by atoms with Crippen LogP contribution in [-0.2, 0) is 5.41 Å². The Hall–Kier alpha value is -7.02. The maximum absolute atomic E-state index is 2.54. The van der Waals surface area contributed by atoms with Crippen LogP contribution in [0.5, 0.6) is 0 Å². The van der Waals surface area contributed by atoms with E-state index >= 15 is 0 Å². The maximum atomic E-state index is 2.54. The number of benzene rings is 11. The van der Waals surface area contributed by atoms with Crippen molar-refractivity contribution in [1.29, 1.82) is 0 Å². The van der Waals surface area contributed by atoms with Gasteiger partial charge in [-0.25, -0.2) is 0 Å². The molecule has 0 saturated heterocycles. The van der Waals surface area contributed by atoms with Gasteiger partial charge in [-0.05, 0) is 145 Å². The molecule has 0 bridgehead atoms. The fraction of sp³-hybridized carbons (Fsp3) is 0.0182. The molecule has 11 aromatic rings. The first-order valence-corrected chi connectivity index (χ1v) is 19.3. The molecule has 252 valence electrons. The minimum Gasteiger partial charge on any atom is -0.0619 e. The van der Waals surface area contributed by atoms with Crippen LogP contribution < -0.4 is 0 Å². The van der Waals surface area contributed by atoms with E-state index in [9.17, 15) is 0 Å². The van der Waals surface area contributed by atoms with Crippen LogP contribution in [0.25, 0.3) is 98.0 Å². The minimum absolute atomic E-state index is 0.450. The third-order valence-electron chi connectivity index (χ3n) is 13.0. The van der Waals surface area contributed by atoms with Crippen molar-refractivity contribution in [2.75, 3.05) is 0 Å². The molecule has 0 atom stereocenters. The highest BCUT2D eigenvalue weighted by Crippen LogP contribution is 2.65. The Balaban J connectivity index is 1.13. The Morgan fingerprint density at radius 3 is 1.35 bits per heavy atom. The molecule has 0 saturated carbocycles. The van der Waals surface area contributed by atoms with Gasteiger partial charge in [0, 0.05) is 0 Å². The van der Waals surface area contributed by atoms with E-state index in [1.165, 1.54) is 120 Å². The van der Waals surface area contributed by atoms with E-state index < -0.39 is 5.41 Å². The van der Waals surface area contributed by atoms with E-state index in [0.29, 0.717) is 0 Å². The average molecular weight is 693 g/mol. The minimum atomic E-state index is -0.450. The second kappa shape index (κ2) is 10.6. The topological polar surface area (TPSA) is 0 Å². The second-order valence-electron chi connectivity index (χ2n) is 15.5. The lowest BCUT2D eigenvalue weighted by Crippen LogP contribution is -2.26. The Morgan fingerprint density at radius 1 is 0.255 bits per heavy atom. The summed E-state index contributed by atoms with van der Waals surface area (Å²) in [6.45, 7) is 0. The van der Waals surface area contributed by atoms with Gasteiger partial charge < -0.3 is 0 Å². The van der Waals surface area contributed by atoms with Gasteiger partial charge >= 0.3 is 0 Å². The van der Waals surface area contributed by atoms with Crippen molar-refractivity contribution in [2.45, 2.75) is 5.41 Å². The monoisotopic (exact) mass is 692 g/mol. The van der Waals surface area contributed by atoms with Crippen molar-refractivity contribution in [3.05, 3.63) is 216 Å². The maximum Gasteiger partial charge on any atom is 0.0731 e. The Bertz CT molecular complexity index is 3410. The van der Waals surface area contributed by atoms with Crippen LogP contribution in [0.4, 0.5) is 0 Å². The van der Waals surface area contributed by atoms with E-state index in [1.54, 1.807) is 0 Å². The fourth-order valence-electron chi connectivity index (χ4n) is 10.8. The lowest BCUT2D eigenvalue weighted by atomic mass is 9.69. The third kappa shape index (κ3) is 3.67. The van der Waals surface area contributed by atoms with Gasteiger partial charge in [0.25, 0.3) is 0 Å². The molecule has 0 unspecified atom stereocenters. The second-order valence-corrected chi connectivity index (χ2v) is 15.5. The summed E-state index contributed by atoms with van der Waals surface area (Å²) < 4.78 is 0. The van der Waals surface area contributed by atoms with Gasteiger partial charge in [0.15, 0.2) is 0 Å². The first-order chi connectivity index (χ1) is 27.3. The summed E-state index contributed by atoms with van der Waals surface area (Å²) in [5, 5.41) is 15.6. The zero-order chi connectivity index (χ0) is 35.8. The van der Waals surface area contributed by atoms with Gasteiger partial charge in [-0.3, -0.25) is 0 Å². The molecule has 1 spiro atoms. The largest absolute Gasteiger partial charge is 0.0731 e. The zero-order valence-electron chi connectivity index (χ0n) is 30.0. The van der Waals surface area contributed by atoms with Crippen molar-refractivity contribution in [1.82, 2.24) is 0 Å². The van der Waals surface area contributed by atoms with Gasteiger partial charge in [0.05, 0.1) is 5.41 Å². The average Bonchev–Trinajstić information content (AvgIpc) is 3.73. The summed E-state index contributed by atoms with van der Waals surface area (Å²) in [6.07, 6.45) is 0. The van der Waals surface area contributed by atoms with Crippen molar-refractivity contribution < 1.29 is 0 Å². The van der Waals surface area contributed by atoms with Gasteiger partial charge in [-0.2, -0.15) is 0 Å². The molecule has 0 aromatic heterocycles. The lowest BCUT2D eigenvalue weighted by Gasteiger charge is -2.32. The molecule has 2 aliphatic rings. The molecule has 0 aliphatic heterocycles. The summed E-state index contributed by atoms with van der Waals surface area (Å²) >= 11 is 0. The molecule has 55 heavy (non-hydrogen) atoms. The van der Waals surface area contributed by atoms with Crippen LogP contribution in [0.15, 0.2) is 194 Å². The van der Waals surface area contributed by atoms with Crippen LogP contribution in [0.1, 0.15) is 22.3 Å². The summed E-state index contributed by atoms with van der Waals surface area (Å²) in [5.74, 6) is 0. The quantitative estimate of drug-likeness (QED) is 0.150. The van der Waals surface area contributed by atoms with E-state index in [4.69, 9.17) is 0 Å². The van der Waals surface area contributed by atoms with E-state index in [0.717, 1.165) is 0 Å². The van der Waals surface area contributed by atoms with Crippen molar-refractivity contribution >= 4 is 64.6 Å². The zero-order valence-corrected chi connectivity index (χ0v) is 30.0. The summed E-state index contributed by atoms with van der Waals surface area (Å²) in [7, 11) is 0. The molecule has 13 rings (SSSR count). The number of rotatable bonds is 1. The Kier molecular flexibility index (Phi) is 5.65. The first-order valence-electron chi connectivity index (χ1n) is 19.3. The van der Waals surface area contributed by atoms with Crippen LogP contribution in [-0.4, -0.2) is 0 Å². The SMILES string of the molecule is c1ccc2c(c1)-c1ccccc1C21c2cc3cc(-c4ccc5c6ccccc6c6ccccc6c5c4)ccc3cc2-c2c1c1ccccc1c1ccccc21. The molecule has 0 heterocycles. The van der Waals surface area contributed by atoms with E-state index in [1.807, 2.05) is 0 Å². The highest BCUT2D eigenvalue weighted by molar-refractivity contribution is 6.26. The third-order valence-corrected chi connectivity index (χ3v) is 13.0. The predicted octanol–water partition coefficient (Wildman–Crippen LogP) is 14.6. The predicted molar refractivity (Wildman–Crippen MR) is 233 cm³/mol. The van der Waals surface area contributed by atoms with Gasteiger partial charge in [-0.15, -0.1) is 0 Å². The van der Waals surface area contributed by atoms with Crippen molar-refractivity contribution in [3.63, 3.8) is 0 Å². The first kappa shape index (κ1) is 29.4. The van der Waals surface area contributed by atoms with Crippen molar-refractivity contribution in [3.8, 4) is 33.4 Å². The normalized spacial score (nSPS) is 13.6. The van der Waals surface area contributed by atoms with Gasteiger partial charge in [0.1, 0.15) is 0 Å². The standard InChI is InChI=1S/C55H32/c1-2-15-39-37(13-1)38-14-3-4-18-42(38)48-30-34(27-28-43(39)48)33-25-26-35-31-49-52(32-36(35)29-33)55(50-23-11-9-19-44(50)45-20-10-12-24-51(45)55)54-47-22-8-6-17-41(47)40-16-5-7-21-46(40)53(49)54/h1-32H.